The topological polar surface area (TPSA) is 51.1 Å². The first-order valence-corrected chi connectivity index (χ1v) is 8.74. The maximum Gasteiger partial charge on any atom is 0.268 e. The number of nitrogens with zero attached hydrogens (tertiary/aromatic N) is 1. The standard InChI is InChI=1S/C20H22N2O2/c1-13-5-7-14(8-6-13)12-22-17(20(24)21-16-9-10-16)11-15-3-2-4-18(23)19(15)22/h5-8,11,16H,2-4,9-10,12H2,1H3,(H,21,24). The number of fused-ring (bicyclic) bond motifs is 1. The van der Waals surface area contributed by atoms with Crippen LogP contribution in [0, 0.1) is 6.92 Å². The Labute approximate surface area is 141 Å². The number of carbonyl (C=O) groups excluding carboxylic acids is 2. The molecule has 124 valence electrons. The van der Waals surface area contributed by atoms with Gasteiger partial charge in [-0.1, -0.05) is 29.8 Å². The Balaban J connectivity index is 1.73. The molecular weight excluding hydrogens is 300 g/mol. The average molecular weight is 322 g/mol. The van der Waals surface area contributed by atoms with Crippen LogP contribution in [0.5, 0.6) is 0 Å². The lowest BCUT2D eigenvalue weighted by atomic mass is 9.97. The van der Waals surface area contributed by atoms with Gasteiger partial charge in [0.1, 0.15) is 5.69 Å². The van der Waals surface area contributed by atoms with Crippen LogP contribution in [-0.4, -0.2) is 22.3 Å². The Morgan fingerprint density at radius 3 is 2.67 bits per heavy atom. The number of Topliss-reactive ketones (excluding diaryl/α,β-unsaturated/α-hetero) is 1. The van der Waals surface area contributed by atoms with Gasteiger partial charge in [-0.25, -0.2) is 0 Å². The molecule has 4 heteroatoms. The molecule has 0 atom stereocenters. The first-order chi connectivity index (χ1) is 11.6. The number of aromatic nitrogens is 1. The van der Waals surface area contributed by atoms with Crippen molar-refractivity contribution in [2.75, 3.05) is 0 Å². The molecule has 2 aromatic rings. The van der Waals surface area contributed by atoms with Gasteiger partial charge in [-0.3, -0.25) is 9.59 Å². The van der Waals surface area contributed by atoms with Crippen LogP contribution >= 0.6 is 0 Å². The van der Waals surface area contributed by atoms with Crippen LogP contribution < -0.4 is 5.32 Å². The third-order valence-electron chi connectivity index (χ3n) is 4.90. The number of aryl methyl sites for hydroxylation is 2. The van der Waals surface area contributed by atoms with Crippen molar-refractivity contribution in [1.82, 2.24) is 9.88 Å². The molecule has 1 fully saturated rings. The zero-order chi connectivity index (χ0) is 16.7. The van der Waals surface area contributed by atoms with E-state index in [2.05, 4.69) is 36.5 Å². The van der Waals surface area contributed by atoms with Crippen LogP contribution in [-0.2, 0) is 13.0 Å². The summed E-state index contributed by atoms with van der Waals surface area (Å²) >= 11 is 0. The lowest BCUT2D eigenvalue weighted by Gasteiger charge is -2.16. The van der Waals surface area contributed by atoms with E-state index in [4.69, 9.17) is 0 Å². The second kappa shape index (κ2) is 5.93. The van der Waals surface area contributed by atoms with Crippen molar-refractivity contribution in [1.29, 1.82) is 0 Å². The van der Waals surface area contributed by atoms with E-state index in [1.807, 2.05) is 10.6 Å². The van der Waals surface area contributed by atoms with Gasteiger partial charge in [0.25, 0.3) is 5.91 Å². The highest BCUT2D eigenvalue weighted by molar-refractivity contribution is 6.01. The molecule has 1 aromatic heterocycles. The summed E-state index contributed by atoms with van der Waals surface area (Å²) in [7, 11) is 0. The third-order valence-corrected chi connectivity index (χ3v) is 4.90. The number of amides is 1. The van der Waals surface area contributed by atoms with Crippen molar-refractivity contribution in [3.63, 3.8) is 0 Å². The minimum atomic E-state index is -0.0492. The highest BCUT2D eigenvalue weighted by Crippen LogP contribution is 2.27. The number of nitrogens with one attached hydrogen (secondary N) is 1. The molecule has 0 radical (unpaired) electrons. The molecule has 0 unspecified atom stereocenters. The molecular formula is C20H22N2O2. The quantitative estimate of drug-likeness (QED) is 0.939. The molecule has 0 saturated heterocycles. The number of rotatable bonds is 4. The van der Waals surface area contributed by atoms with E-state index in [9.17, 15) is 9.59 Å². The molecule has 0 bridgehead atoms. The van der Waals surface area contributed by atoms with E-state index in [0.717, 1.165) is 42.5 Å². The number of ketones is 1. The lowest BCUT2D eigenvalue weighted by Crippen LogP contribution is -2.28. The van der Waals surface area contributed by atoms with Crippen LogP contribution in [0.2, 0.25) is 0 Å². The maximum atomic E-state index is 12.6. The van der Waals surface area contributed by atoms with E-state index >= 15 is 0 Å². The van der Waals surface area contributed by atoms with Crippen molar-refractivity contribution < 1.29 is 9.59 Å². The van der Waals surface area contributed by atoms with Gasteiger partial charge in [0.15, 0.2) is 5.78 Å². The molecule has 4 nitrogen and oxygen atoms in total. The van der Waals surface area contributed by atoms with Gasteiger partial charge < -0.3 is 9.88 Å². The summed E-state index contributed by atoms with van der Waals surface area (Å²) in [6, 6.07) is 10.5. The summed E-state index contributed by atoms with van der Waals surface area (Å²) in [6.45, 7) is 2.62. The van der Waals surface area contributed by atoms with Gasteiger partial charge in [0.2, 0.25) is 0 Å². The molecule has 1 aromatic carbocycles. The minimum absolute atomic E-state index is 0.0492. The Hall–Kier alpha value is -2.36. The highest BCUT2D eigenvalue weighted by atomic mass is 16.2. The molecule has 2 aliphatic rings. The Morgan fingerprint density at radius 1 is 1.21 bits per heavy atom. The van der Waals surface area contributed by atoms with Crippen molar-refractivity contribution in [2.24, 2.45) is 0 Å². The zero-order valence-electron chi connectivity index (χ0n) is 14.0. The molecule has 24 heavy (non-hydrogen) atoms. The third kappa shape index (κ3) is 2.88. The monoisotopic (exact) mass is 322 g/mol. The summed E-state index contributed by atoms with van der Waals surface area (Å²) in [5, 5.41) is 3.06. The van der Waals surface area contributed by atoms with Crippen molar-refractivity contribution in [3.8, 4) is 0 Å². The van der Waals surface area contributed by atoms with Crippen molar-refractivity contribution in [3.05, 3.63) is 58.4 Å². The molecule has 1 heterocycles. The van der Waals surface area contributed by atoms with Crippen LogP contribution in [0.4, 0.5) is 0 Å². The van der Waals surface area contributed by atoms with Crippen molar-refractivity contribution in [2.45, 2.75) is 51.6 Å². The molecule has 2 aliphatic carbocycles. The maximum absolute atomic E-state index is 12.6. The van der Waals surface area contributed by atoms with Gasteiger partial charge in [0.05, 0.1) is 5.69 Å². The normalized spacial score (nSPS) is 16.8. The SMILES string of the molecule is Cc1ccc(Cn2c(C(=O)NC3CC3)cc3c2C(=O)CCC3)cc1. The summed E-state index contributed by atoms with van der Waals surface area (Å²) in [4.78, 5) is 25.1. The largest absolute Gasteiger partial charge is 0.348 e. The van der Waals surface area contributed by atoms with Crippen LogP contribution in [0.1, 0.15) is 63.4 Å². The van der Waals surface area contributed by atoms with Gasteiger partial charge in [-0.05, 0) is 49.8 Å². The van der Waals surface area contributed by atoms with E-state index < -0.39 is 0 Å². The fourth-order valence-corrected chi connectivity index (χ4v) is 3.40. The smallest absolute Gasteiger partial charge is 0.268 e. The fourth-order valence-electron chi connectivity index (χ4n) is 3.40. The van der Waals surface area contributed by atoms with E-state index in [1.54, 1.807) is 0 Å². The lowest BCUT2D eigenvalue weighted by molar-refractivity contribution is 0.0941. The summed E-state index contributed by atoms with van der Waals surface area (Å²) < 4.78 is 1.93. The second-order valence-electron chi connectivity index (χ2n) is 7.00. The fraction of sp³-hybridized carbons (Fsp3) is 0.400. The predicted octanol–water partition coefficient (Wildman–Crippen LogP) is 3.26. The van der Waals surface area contributed by atoms with E-state index in [0.29, 0.717) is 24.7 Å². The Kier molecular flexibility index (Phi) is 3.75. The van der Waals surface area contributed by atoms with Crippen molar-refractivity contribution >= 4 is 11.7 Å². The second-order valence-corrected chi connectivity index (χ2v) is 7.00. The molecule has 0 aliphatic heterocycles. The molecule has 0 spiro atoms. The van der Waals surface area contributed by atoms with E-state index in [1.165, 1.54) is 5.56 Å². The first-order valence-electron chi connectivity index (χ1n) is 8.74. The number of carbonyl (C=O) groups is 2. The number of hydrogen-bond acceptors (Lipinski definition) is 2. The first kappa shape index (κ1) is 15.2. The zero-order valence-corrected chi connectivity index (χ0v) is 14.0. The Morgan fingerprint density at radius 2 is 1.96 bits per heavy atom. The highest BCUT2D eigenvalue weighted by Gasteiger charge is 2.30. The van der Waals surface area contributed by atoms with Crippen LogP contribution in [0.25, 0.3) is 0 Å². The molecule has 1 N–H and O–H groups in total. The van der Waals surface area contributed by atoms with Gasteiger partial charge in [-0.15, -0.1) is 0 Å². The van der Waals surface area contributed by atoms with Gasteiger partial charge in [-0.2, -0.15) is 0 Å². The average Bonchev–Trinajstić information content (AvgIpc) is 3.29. The number of benzene rings is 1. The molecule has 1 amide bonds. The van der Waals surface area contributed by atoms with Gasteiger partial charge in [0, 0.05) is 19.0 Å². The van der Waals surface area contributed by atoms with E-state index in [-0.39, 0.29) is 11.7 Å². The summed E-state index contributed by atoms with van der Waals surface area (Å²) in [5.74, 6) is 0.112. The number of hydrogen-bond donors (Lipinski definition) is 1. The Bertz CT molecular complexity index is 798. The summed E-state index contributed by atoms with van der Waals surface area (Å²) in [6.07, 6.45) is 4.45. The van der Waals surface area contributed by atoms with Gasteiger partial charge >= 0.3 is 0 Å². The summed E-state index contributed by atoms with van der Waals surface area (Å²) in [5.41, 5.74) is 4.71. The molecule has 4 rings (SSSR count). The predicted molar refractivity (Wildman–Crippen MR) is 92.5 cm³/mol. The molecule has 1 saturated carbocycles. The van der Waals surface area contributed by atoms with Crippen LogP contribution in [0.3, 0.4) is 0 Å². The van der Waals surface area contributed by atoms with Crippen LogP contribution in [0.15, 0.2) is 30.3 Å². The minimum Gasteiger partial charge on any atom is -0.348 e.